The summed E-state index contributed by atoms with van der Waals surface area (Å²) in [5, 5.41) is 15.8. The predicted molar refractivity (Wildman–Crippen MR) is 167 cm³/mol. The van der Waals surface area contributed by atoms with E-state index >= 15 is 0 Å². The van der Waals surface area contributed by atoms with Crippen LogP contribution in [-0.2, 0) is 29.0 Å². The van der Waals surface area contributed by atoms with E-state index in [1.807, 2.05) is 60.7 Å². The summed E-state index contributed by atoms with van der Waals surface area (Å²) in [6, 6.07) is 18.5. The number of carbonyl (C=O) groups is 3. The monoisotopic (exact) mass is 606 g/mol. The van der Waals surface area contributed by atoms with Crippen LogP contribution in [0, 0.1) is 5.92 Å². The van der Waals surface area contributed by atoms with E-state index in [0.29, 0.717) is 38.8 Å². The van der Waals surface area contributed by atoms with Crippen molar-refractivity contribution in [1.29, 1.82) is 0 Å². The molecule has 3 amide bonds. The number of nitrogens with zero attached hydrogens (tertiary/aromatic N) is 2. The lowest BCUT2D eigenvalue weighted by molar-refractivity contribution is -0.122. The Balaban J connectivity index is 1.41. The van der Waals surface area contributed by atoms with E-state index in [1.165, 1.54) is 11.3 Å². The fourth-order valence-electron chi connectivity index (χ4n) is 5.43. The molecule has 1 fully saturated rings. The minimum atomic E-state index is -0.951. The van der Waals surface area contributed by atoms with Crippen LogP contribution < -0.4 is 10.6 Å². The number of nitrogens with one attached hydrogen (secondary N) is 2. The Morgan fingerprint density at radius 3 is 2.21 bits per heavy atom. The van der Waals surface area contributed by atoms with Crippen molar-refractivity contribution in [2.45, 2.75) is 70.1 Å². The molecule has 4 rings (SSSR count). The average molecular weight is 607 g/mol. The van der Waals surface area contributed by atoms with Crippen molar-refractivity contribution in [3.8, 4) is 0 Å². The number of thiazole rings is 1. The van der Waals surface area contributed by atoms with Gasteiger partial charge in [0, 0.05) is 31.7 Å². The van der Waals surface area contributed by atoms with Crippen molar-refractivity contribution < 1.29 is 24.2 Å². The predicted octanol–water partition coefficient (Wildman–Crippen LogP) is 5.14. The number of aliphatic hydroxyl groups excluding tert-OH is 1. The Bertz CT molecular complexity index is 1250. The second kappa shape index (κ2) is 17.4. The van der Waals surface area contributed by atoms with Crippen LogP contribution in [0.1, 0.15) is 54.5 Å². The molecule has 0 saturated carbocycles. The number of hydrogen-bond acceptors (Lipinski definition) is 7. The first kappa shape index (κ1) is 32.2. The summed E-state index contributed by atoms with van der Waals surface area (Å²) >= 11 is 1.43. The molecule has 2 aromatic carbocycles. The number of ether oxygens (including phenoxy) is 1. The minimum Gasteiger partial charge on any atom is -0.444 e. The number of ketones is 1. The summed E-state index contributed by atoms with van der Waals surface area (Å²) in [6.07, 6.45) is 6.94. The number of carbonyl (C=O) groups excluding carboxylic acids is 3. The molecule has 3 atom stereocenters. The molecule has 2 heterocycles. The van der Waals surface area contributed by atoms with E-state index in [9.17, 15) is 19.5 Å². The number of likely N-dealkylation sites (tertiary alicyclic amines) is 1. The molecule has 0 unspecified atom stereocenters. The van der Waals surface area contributed by atoms with E-state index in [-0.39, 0.29) is 36.8 Å². The van der Waals surface area contributed by atoms with E-state index < -0.39 is 18.7 Å². The summed E-state index contributed by atoms with van der Waals surface area (Å²) in [4.78, 5) is 45.5. The number of aliphatic hydroxyl groups is 1. The van der Waals surface area contributed by atoms with Gasteiger partial charge in [0.25, 0.3) is 0 Å². The zero-order chi connectivity index (χ0) is 30.3. The number of benzene rings is 2. The molecule has 43 heavy (non-hydrogen) atoms. The van der Waals surface area contributed by atoms with Crippen molar-refractivity contribution in [2.24, 2.45) is 5.92 Å². The fourth-order valence-corrected chi connectivity index (χ4v) is 5.94. The molecule has 230 valence electrons. The molecular formula is C33H42N4O5S. The highest BCUT2D eigenvalue weighted by atomic mass is 32.1. The molecule has 3 aromatic rings. The molecule has 0 radical (unpaired) electrons. The Kier molecular flexibility index (Phi) is 13.0. The first-order valence-corrected chi connectivity index (χ1v) is 16.0. The largest absolute Gasteiger partial charge is 0.444 e. The van der Waals surface area contributed by atoms with Crippen molar-refractivity contribution in [1.82, 2.24) is 20.5 Å². The maximum Gasteiger partial charge on any atom is 0.407 e. The standard InChI is InChI=1S/C33H42N4O5S/c38-22-30(36-32(40)37-16-8-3-9-17-37)31(39)20-27(18-25-10-4-1-5-11-25)14-15-28(19-26-12-6-2-7-13-26)35-33(41)42-23-29-21-34-24-43-29/h1-2,4-7,10-13,21,24,27-28,30,38H,3,8-9,14-20,22-23H2,(H,35,41)(H,36,40)/t27-,28-,30+/m1/s1. The lowest BCUT2D eigenvalue weighted by Gasteiger charge is -2.29. The summed E-state index contributed by atoms with van der Waals surface area (Å²) in [7, 11) is 0. The van der Waals surface area contributed by atoms with Crippen LogP contribution in [0.2, 0.25) is 0 Å². The highest BCUT2D eigenvalue weighted by Gasteiger charge is 2.27. The summed E-state index contributed by atoms with van der Waals surface area (Å²) in [6.45, 7) is 1.04. The lowest BCUT2D eigenvalue weighted by atomic mass is 9.86. The number of hydrogen-bond donors (Lipinski definition) is 3. The van der Waals surface area contributed by atoms with E-state index in [4.69, 9.17) is 4.74 Å². The number of amides is 3. The second-order valence-corrected chi connectivity index (χ2v) is 12.1. The normalized spacial score (nSPS) is 15.2. The molecule has 0 bridgehead atoms. The van der Waals surface area contributed by atoms with Gasteiger partial charge in [0.2, 0.25) is 0 Å². The Morgan fingerprint density at radius 1 is 0.907 bits per heavy atom. The fraction of sp³-hybridized carbons (Fsp3) is 0.455. The van der Waals surface area contributed by atoms with Crippen LogP contribution in [0.5, 0.6) is 0 Å². The van der Waals surface area contributed by atoms with Gasteiger partial charge >= 0.3 is 12.1 Å². The SMILES string of the molecule is O=C(N[C@H](CC[C@@H](CC(=O)[C@H](CO)NC(=O)N1CCCCC1)Cc1ccccc1)Cc1ccccc1)OCc1cncs1. The minimum absolute atomic E-state index is 0.0517. The number of Topliss-reactive ketones (excluding diaryl/α,β-unsaturated/α-hetero) is 1. The van der Waals surface area contributed by atoms with Crippen LogP contribution in [0.3, 0.4) is 0 Å². The third kappa shape index (κ3) is 11.1. The third-order valence-electron chi connectivity index (χ3n) is 7.77. The van der Waals surface area contributed by atoms with E-state index in [0.717, 1.165) is 35.3 Å². The molecule has 0 spiro atoms. The van der Waals surface area contributed by atoms with Crippen LogP contribution in [0.15, 0.2) is 72.4 Å². The van der Waals surface area contributed by atoms with Gasteiger partial charge in [-0.1, -0.05) is 60.7 Å². The Labute approximate surface area is 257 Å². The van der Waals surface area contributed by atoms with Gasteiger partial charge in [0.1, 0.15) is 12.6 Å². The Hall–Kier alpha value is -3.76. The summed E-state index contributed by atoms with van der Waals surface area (Å²) < 4.78 is 5.45. The number of piperidine rings is 1. The highest BCUT2D eigenvalue weighted by Crippen LogP contribution is 2.22. The first-order chi connectivity index (χ1) is 21.0. The van der Waals surface area contributed by atoms with Crippen LogP contribution in [-0.4, -0.2) is 64.7 Å². The van der Waals surface area contributed by atoms with Gasteiger partial charge in [-0.2, -0.15) is 0 Å². The molecule has 1 aliphatic rings. The van der Waals surface area contributed by atoms with E-state index in [1.54, 1.807) is 16.6 Å². The molecule has 0 aliphatic carbocycles. The number of urea groups is 1. The van der Waals surface area contributed by atoms with Gasteiger partial charge < -0.3 is 25.4 Å². The molecule has 1 saturated heterocycles. The van der Waals surface area contributed by atoms with Gasteiger partial charge in [0.05, 0.1) is 17.0 Å². The number of alkyl carbamates (subject to hydrolysis) is 1. The van der Waals surface area contributed by atoms with Crippen LogP contribution >= 0.6 is 11.3 Å². The van der Waals surface area contributed by atoms with Crippen molar-refractivity contribution >= 4 is 29.2 Å². The second-order valence-electron chi connectivity index (χ2n) is 11.1. The topological polar surface area (TPSA) is 121 Å². The molecule has 3 N–H and O–H groups in total. The smallest absolute Gasteiger partial charge is 0.407 e. The Morgan fingerprint density at radius 2 is 1.58 bits per heavy atom. The van der Waals surface area contributed by atoms with Gasteiger partial charge in [-0.15, -0.1) is 11.3 Å². The molecule has 1 aromatic heterocycles. The lowest BCUT2D eigenvalue weighted by Crippen LogP contribution is -2.51. The van der Waals surface area contributed by atoms with Gasteiger partial charge in [-0.05, 0) is 62.0 Å². The molecule has 10 heteroatoms. The van der Waals surface area contributed by atoms with Gasteiger partial charge in [-0.25, -0.2) is 9.59 Å². The zero-order valence-corrected chi connectivity index (χ0v) is 25.3. The van der Waals surface area contributed by atoms with Gasteiger partial charge in [0.15, 0.2) is 5.78 Å². The molecular weight excluding hydrogens is 564 g/mol. The third-order valence-corrected chi connectivity index (χ3v) is 8.52. The first-order valence-electron chi connectivity index (χ1n) is 15.1. The van der Waals surface area contributed by atoms with Crippen LogP contribution in [0.4, 0.5) is 9.59 Å². The number of aromatic nitrogens is 1. The maximum absolute atomic E-state index is 13.4. The molecule has 9 nitrogen and oxygen atoms in total. The summed E-state index contributed by atoms with van der Waals surface area (Å²) in [5.74, 6) is -0.241. The molecule has 1 aliphatic heterocycles. The highest BCUT2D eigenvalue weighted by molar-refractivity contribution is 7.09. The average Bonchev–Trinajstić information content (AvgIpc) is 3.56. The maximum atomic E-state index is 13.4. The van der Waals surface area contributed by atoms with Crippen molar-refractivity contribution in [3.63, 3.8) is 0 Å². The zero-order valence-electron chi connectivity index (χ0n) is 24.5. The van der Waals surface area contributed by atoms with Crippen molar-refractivity contribution in [3.05, 3.63) is 88.4 Å². The van der Waals surface area contributed by atoms with Crippen molar-refractivity contribution in [2.75, 3.05) is 19.7 Å². The number of rotatable bonds is 15. The quantitative estimate of drug-likeness (QED) is 0.221. The van der Waals surface area contributed by atoms with Crippen LogP contribution in [0.25, 0.3) is 0 Å². The van der Waals surface area contributed by atoms with E-state index in [2.05, 4.69) is 15.6 Å². The summed E-state index contributed by atoms with van der Waals surface area (Å²) in [5.41, 5.74) is 3.89. The van der Waals surface area contributed by atoms with Gasteiger partial charge in [-0.3, -0.25) is 9.78 Å².